The van der Waals surface area contributed by atoms with Gasteiger partial charge in [0.05, 0.1) is 0 Å². The third-order valence-electron chi connectivity index (χ3n) is 1.94. The molecule has 4 nitrogen and oxygen atoms in total. The Hall–Kier alpha value is -1.10. The summed E-state index contributed by atoms with van der Waals surface area (Å²) in [5, 5.41) is 12.4. The second-order valence-electron chi connectivity index (χ2n) is 3.65. The molecule has 0 saturated carbocycles. The minimum atomic E-state index is -0.751. The number of carboxylic acid groups (broad SMARTS) is 1. The highest BCUT2D eigenvalue weighted by Gasteiger charge is 2.04. The SMILES string of the molecule is CC(C)c1cnc(NCCCC(=O)O)s1. The second kappa shape index (κ2) is 5.70. The molecule has 2 N–H and O–H groups in total. The monoisotopic (exact) mass is 228 g/mol. The van der Waals surface area contributed by atoms with Crippen molar-refractivity contribution in [3.05, 3.63) is 11.1 Å². The molecule has 0 aliphatic rings. The van der Waals surface area contributed by atoms with Crippen molar-refractivity contribution in [3.63, 3.8) is 0 Å². The van der Waals surface area contributed by atoms with Crippen LogP contribution in [0, 0.1) is 0 Å². The molecule has 0 aliphatic heterocycles. The van der Waals surface area contributed by atoms with Gasteiger partial charge in [-0.3, -0.25) is 4.79 Å². The molecule has 5 heteroatoms. The Morgan fingerprint density at radius 3 is 2.93 bits per heavy atom. The lowest BCUT2D eigenvalue weighted by molar-refractivity contribution is -0.137. The molecule has 1 aromatic heterocycles. The summed E-state index contributed by atoms with van der Waals surface area (Å²) < 4.78 is 0. The fourth-order valence-corrected chi connectivity index (χ4v) is 1.91. The first-order valence-corrected chi connectivity index (χ1v) is 5.82. The molecule has 0 aromatic carbocycles. The van der Waals surface area contributed by atoms with Crippen LogP contribution in [0.2, 0.25) is 0 Å². The third kappa shape index (κ3) is 4.29. The van der Waals surface area contributed by atoms with Crippen LogP contribution in [0.1, 0.15) is 37.5 Å². The molecule has 0 spiro atoms. The number of nitrogens with zero attached hydrogens (tertiary/aromatic N) is 1. The van der Waals surface area contributed by atoms with Gasteiger partial charge < -0.3 is 10.4 Å². The molecule has 0 radical (unpaired) electrons. The number of nitrogens with one attached hydrogen (secondary N) is 1. The summed E-state index contributed by atoms with van der Waals surface area (Å²) in [7, 11) is 0. The van der Waals surface area contributed by atoms with Crippen molar-refractivity contribution in [2.45, 2.75) is 32.6 Å². The van der Waals surface area contributed by atoms with Crippen LogP contribution in [0.4, 0.5) is 5.13 Å². The summed E-state index contributed by atoms with van der Waals surface area (Å²) in [5.41, 5.74) is 0. The summed E-state index contributed by atoms with van der Waals surface area (Å²) in [6.07, 6.45) is 2.70. The van der Waals surface area contributed by atoms with E-state index in [0.29, 0.717) is 18.9 Å². The summed E-state index contributed by atoms with van der Waals surface area (Å²) in [4.78, 5) is 15.7. The Morgan fingerprint density at radius 2 is 2.40 bits per heavy atom. The molecule has 15 heavy (non-hydrogen) atoms. The van der Waals surface area contributed by atoms with Crippen LogP contribution >= 0.6 is 11.3 Å². The van der Waals surface area contributed by atoms with E-state index in [0.717, 1.165) is 5.13 Å². The maximum atomic E-state index is 10.3. The average molecular weight is 228 g/mol. The molecule has 0 aliphatic carbocycles. The normalized spacial score (nSPS) is 10.6. The third-order valence-corrected chi connectivity index (χ3v) is 3.19. The van der Waals surface area contributed by atoms with E-state index in [1.165, 1.54) is 4.88 Å². The highest BCUT2D eigenvalue weighted by atomic mass is 32.1. The van der Waals surface area contributed by atoms with Crippen molar-refractivity contribution < 1.29 is 9.90 Å². The van der Waals surface area contributed by atoms with Crippen LogP contribution in [-0.2, 0) is 4.79 Å². The second-order valence-corrected chi connectivity index (χ2v) is 4.71. The molecule has 0 atom stereocenters. The number of carbonyl (C=O) groups is 1. The molecule has 1 rings (SSSR count). The largest absolute Gasteiger partial charge is 0.481 e. The molecule has 0 unspecified atom stereocenters. The zero-order valence-electron chi connectivity index (χ0n) is 8.99. The number of hydrogen-bond acceptors (Lipinski definition) is 4. The fourth-order valence-electron chi connectivity index (χ4n) is 1.07. The number of hydrogen-bond donors (Lipinski definition) is 2. The van der Waals surface area contributed by atoms with Gasteiger partial charge in [0.15, 0.2) is 5.13 Å². The number of aliphatic carboxylic acids is 1. The van der Waals surface area contributed by atoms with E-state index in [1.807, 2.05) is 6.20 Å². The zero-order valence-corrected chi connectivity index (χ0v) is 9.80. The van der Waals surface area contributed by atoms with E-state index < -0.39 is 5.97 Å². The molecule has 1 heterocycles. The topological polar surface area (TPSA) is 62.2 Å². The van der Waals surface area contributed by atoms with Gasteiger partial charge >= 0.3 is 5.97 Å². The molecule has 0 fully saturated rings. The van der Waals surface area contributed by atoms with Crippen molar-refractivity contribution in [3.8, 4) is 0 Å². The molecule has 0 amide bonds. The standard InChI is InChI=1S/C10H16N2O2S/c1-7(2)8-6-12-10(15-8)11-5-3-4-9(13)14/h6-7H,3-5H2,1-2H3,(H,11,12)(H,13,14). The van der Waals surface area contributed by atoms with Gasteiger partial charge in [-0.1, -0.05) is 13.8 Å². The lowest BCUT2D eigenvalue weighted by Crippen LogP contribution is -2.04. The van der Waals surface area contributed by atoms with Crippen molar-refractivity contribution in [1.82, 2.24) is 4.98 Å². The van der Waals surface area contributed by atoms with Crippen molar-refractivity contribution in [2.24, 2.45) is 0 Å². The van der Waals surface area contributed by atoms with Crippen LogP contribution in [-0.4, -0.2) is 22.6 Å². The van der Waals surface area contributed by atoms with Crippen molar-refractivity contribution in [2.75, 3.05) is 11.9 Å². The lowest BCUT2D eigenvalue weighted by atomic mass is 10.2. The summed E-state index contributed by atoms with van der Waals surface area (Å²) >= 11 is 1.63. The van der Waals surface area contributed by atoms with Crippen molar-refractivity contribution in [1.29, 1.82) is 0 Å². The molecular weight excluding hydrogens is 212 g/mol. The van der Waals surface area contributed by atoms with E-state index in [9.17, 15) is 4.79 Å². The van der Waals surface area contributed by atoms with Gasteiger partial charge in [0.25, 0.3) is 0 Å². The highest BCUT2D eigenvalue weighted by Crippen LogP contribution is 2.24. The maximum Gasteiger partial charge on any atom is 0.303 e. The number of aromatic nitrogens is 1. The van der Waals surface area contributed by atoms with Gasteiger partial charge in [-0.2, -0.15) is 0 Å². The minimum Gasteiger partial charge on any atom is -0.481 e. The fraction of sp³-hybridized carbons (Fsp3) is 0.600. The van der Waals surface area contributed by atoms with E-state index >= 15 is 0 Å². The van der Waals surface area contributed by atoms with E-state index in [2.05, 4.69) is 24.1 Å². The summed E-state index contributed by atoms with van der Waals surface area (Å²) in [6, 6.07) is 0. The Balaban J connectivity index is 2.28. The van der Waals surface area contributed by atoms with Gasteiger partial charge in [0, 0.05) is 24.0 Å². The first-order valence-electron chi connectivity index (χ1n) is 5.01. The maximum absolute atomic E-state index is 10.3. The van der Waals surface area contributed by atoms with Crippen LogP contribution in [0.25, 0.3) is 0 Å². The number of carboxylic acids is 1. The van der Waals surface area contributed by atoms with Crippen LogP contribution in [0.3, 0.4) is 0 Å². The van der Waals surface area contributed by atoms with Crippen LogP contribution < -0.4 is 5.32 Å². The van der Waals surface area contributed by atoms with Gasteiger partial charge in [-0.15, -0.1) is 11.3 Å². The van der Waals surface area contributed by atoms with Gasteiger partial charge in [-0.05, 0) is 12.3 Å². The van der Waals surface area contributed by atoms with E-state index in [-0.39, 0.29) is 6.42 Å². The van der Waals surface area contributed by atoms with Crippen molar-refractivity contribution >= 4 is 22.4 Å². The van der Waals surface area contributed by atoms with E-state index in [1.54, 1.807) is 11.3 Å². The lowest BCUT2D eigenvalue weighted by Gasteiger charge is -2.00. The predicted octanol–water partition coefficient (Wildman–Crippen LogP) is 2.54. The number of thiazole rings is 1. The Labute approximate surface area is 93.4 Å². The Morgan fingerprint density at radius 1 is 1.67 bits per heavy atom. The number of rotatable bonds is 6. The summed E-state index contributed by atoms with van der Waals surface area (Å²) in [6.45, 7) is 4.92. The molecule has 0 saturated heterocycles. The average Bonchev–Trinajstić information content (AvgIpc) is 2.60. The van der Waals surface area contributed by atoms with E-state index in [4.69, 9.17) is 5.11 Å². The van der Waals surface area contributed by atoms with Gasteiger partial charge in [-0.25, -0.2) is 4.98 Å². The predicted molar refractivity (Wildman–Crippen MR) is 61.6 cm³/mol. The molecule has 1 aromatic rings. The Bertz CT molecular complexity index is 323. The Kier molecular flexibility index (Phi) is 4.55. The van der Waals surface area contributed by atoms with Gasteiger partial charge in [0.1, 0.15) is 0 Å². The van der Waals surface area contributed by atoms with Gasteiger partial charge in [0.2, 0.25) is 0 Å². The van der Waals surface area contributed by atoms with Crippen LogP contribution in [0.15, 0.2) is 6.20 Å². The number of anilines is 1. The quantitative estimate of drug-likeness (QED) is 0.734. The first kappa shape index (κ1) is 12.0. The minimum absolute atomic E-state index is 0.204. The molecule has 84 valence electrons. The summed E-state index contributed by atoms with van der Waals surface area (Å²) in [5.74, 6) is -0.254. The molecule has 0 bridgehead atoms. The zero-order chi connectivity index (χ0) is 11.3. The highest BCUT2D eigenvalue weighted by molar-refractivity contribution is 7.15. The first-order chi connectivity index (χ1) is 7.09. The molecular formula is C10H16N2O2S. The smallest absolute Gasteiger partial charge is 0.303 e. The van der Waals surface area contributed by atoms with Crippen LogP contribution in [0.5, 0.6) is 0 Å².